The lowest BCUT2D eigenvalue weighted by Crippen LogP contribution is -2.51. The van der Waals surface area contributed by atoms with Crippen LogP contribution in [-0.2, 0) is 4.79 Å². The fourth-order valence-corrected chi connectivity index (χ4v) is 2.98. The van der Waals surface area contributed by atoms with Gasteiger partial charge in [-0.2, -0.15) is 0 Å². The van der Waals surface area contributed by atoms with E-state index in [1.54, 1.807) is 0 Å². The first-order valence-corrected chi connectivity index (χ1v) is 7.36. The average molecular weight is 296 g/mol. The molecule has 0 bridgehead atoms. The summed E-state index contributed by atoms with van der Waals surface area (Å²) in [6.45, 7) is 9.22. The topological polar surface area (TPSA) is 44.4 Å². The van der Waals surface area contributed by atoms with Gasteiger partial charge in [0, 0.05) is 25.7 Å². The highest BCUT2D eigenvalue weighted by Crippen LogP contribution is 2.27. The minimum Gasteiger partial charge on any atom is -0.323 e. The Labute approximate surface area is 125 Å². The normalized spacial score (nSPS) is 19.9. The molecular weight excluding hydrogens is 274 g/mol. The number of rotatable bonds is 3. The summed E-state index contributed by atoms with van der Waals surface area (Å²) in [6.07, 6.45) is 0. The second-order valence-corrected chi connectivity index (χ2v) is 5.98. The molecule has 1 aliphatic rings. The Morgan fingerprint density at radius 1 is 1.50 bits per heavy atom. The molecule has 1 fully saturated rings. The molecule has 1 heterocycles. The van der Waals surface area contributed by atoms with E-state index in [4.69, 9.17) is 11.6 Å². The summed E-state index contributed by atoms with van der Waals surface area (Å²) in [5, 5.41) is 6.90. The van der Waals surface area contributed by atoms with Crippen LogP contribution in [-0.4, -0.2) is 43.0 Å². The van der Waals surface area contributed by atoms with E-state index >= 15 is 0 Å². The molecule has 1 aromatic carbocycles. The van der Waals surface area contributed by atoms with Crippen LogP contribution in [0.1, 0.15) is 18.1 Å². The monoisotopic (exact) mass is 295 g/mol. The predicted octanol–water partition coefficient (Wildman–Crippen LogP) is 2.19. The van der Waals surface area contributed by atoms with Gasteiger partial charge in [0.25, 0.3) is 0 Å². The highest BCUT2D eigenvalue weighted by atomic mass is 35.5. The largest absolute Gasteiger partial charge is 0.323 e. The fourth-order valence-electron chi connectivity index (χ4n) is 2.61. The molecule has 4 nitrogen and oxygen atoms in total. The SMILES string of the molecule is Cc1cc(C)c(NC(=O)CN2CCN[C@H](C)C2)c(Cl)c1. The molecule has 110 valence electrons. The first-order chi connectivity index (χ1) is 9.45. The summed E-state index contributed by atoms with van der Waals surface area (Å²) < 4.78 is 0. The molecule has 0 spiro atoms. The second-order valence-electron chi connectivity index (χ2n) is 5.58. The van der Waals surface area contributed by atoms with E-state index in [-0.39, 0.29) is 5.91 Å². The van der Waals surface area contributed by atoms with Crippen LogP contribution in [0, 0.1) is 13.8 Å². The van der Waals surface area contributed by atoms with Crippen molar-refractivity contribution < 1.29 is 4.79 Å². The van der Waals surface area contributed by atoms with Gasteiger partial charge in [-0.3, -0.25) is 9.69 Å². The van der Waals surface area contributed by atoms with Crippen molar-refractivity contribution in [3.63, 3.8) is 0 Å². The highest BCUT2D eigenvalue weighted by Gasteiger charge is 2.18. The number of carbonyl (C=O) groups is 1. The molecule has 20 heavy (non-hydrogen) atoms. The molecule has 1 atom stereocenters. The van der Waals surface area contributed by atoms with Gasteiger partial charge in [-0.1, -0.05) is 17.7 Å². The Morgan fingerprint density at radius 2 is 2.25 bits per heavy atom. The Morgan fingerprint density at radius 3 is 2.90 bits per heavy atom. The lowest BCUT2D eigenvalue weighted by Gasteiger charge is -2.31. The van der Waals surface area contributed by atoms with Crippen molar-refractivity contribution in [2.24, 2.45) is 0 Å². The summed E-state index contributed by atoms with van der Waals surface area (Å²) >= 11 is 6.21. The maximum atomic E-state index is 12.1. The van der Waals surface area contributed by atoms with Crippen molar-refractivity contribution in [1.82, 2.24) is 10.2 Å². The number of amides is 1. The molecule has 1 amide bonds. The van der Waals surface area contributed by atoms with E-state index in [9.17, 15) is 4.79 Å². The van der Waals surface area contributed by atoms with Crippen molar-refractivity contribution in [3.8, 4) is 0 Å². The van der Waals surface area contributed by atoms with E-state index in [1.165, 1.54) is 0 Å². The maximum absolute atomic E-state index is 12.1. The number of piperazine rings is 1. The molecule has 1 saturated heterocycles. The number of aryl methyl sites for hydroxylation is 2. The number of benzene rings is 1. The van der Waals surface area contributed by atoms with Gasteiger partial charge in [0.05, 0.1) is 17.3 Å². The number of carbonyl (C=O) groups excluding carboxylic acids is 1. The van der Waals surface area contributed by atoms with Crippen molar-refractivity contribution in [2.75, 3.05) is 31.5 Å². The third-order valence-corrected chi connectivity index (χ3v) is 3.81. The number of hydrogen-bond donors (Lipinski definition) is 2. The zero-order valence-electron chi connectivity index (χ0n) is 12.3. The standard InChI is InChI=1S/C15H22ClN3O/c1-10-6-11(2)15(13(16)7-10)18-14(20)9-19-5-4-17-12(3)8-19/h6-7,12,17H,4-5,8-9H2,1-3H3,(H,18,20)/t12-/m1/s1. The van der Waals surface area contributed by atoms with Crippen molar-refractivity contribution >= 4 is 23.2 Å². The van der Waals surface area contributed by atoms with Gasteiger partial charge < -0.3 is 10.6 Å². The van der Waals surface area contributed by atoms with Gasteiger partial charge in [0.1, 0.15) is 0 Å². The summed E-state index contributed by atoms with van der Waals surface area (Å²) in [7, 11) is 0. The number of hydrogen-bond acceptors (Lipinski definition) is 3. The summed E-state index contributed by atoms with van der Waals surface area (Å²) in [6, 6.07) is 4.33. The van der Waals surface area contributed by atoms with Gasteiger partial charge in [0.2, 0.25) is 5.91 Å². The quantitative estimate of drug-likeness (QED) is 0.898. The zero-order valence-corrected chi connectivity index (χ0v) is 13.0. The average Bonchev–Trinajstić information content (AvgIpc) is 2.33. The molecule has 5 heteroatoms. The molecule has 2 rings (SSSR count). The van der Waals surface area contributed by atoms with Crippen LogP contribution >= 0.6 is 11.6 Å². The van der Waals surface area contributed by atoms with E-state index in [1.807, 2.05) is 26.0 Å². The third-order valence-electron chi connectivity index (χ3n) is 3.52. The molecule has 1 aromatic rings. The van der Waals surface area contributed by atoms with E-state index in [0.29, 0.717) is 17.6 Å². The van der Waals surface area contributed by atoms with Gasteiger partial charge in [0.15, 0.2) is 0 Å². The number of nitrogens with zero attached hydrogens (tertiary/aromatic N) is 1. The molecular formula is C15H22ClN3O. The summed E-state index contributed by atoms with van der Waals surface area (Å²) in [5.74, 6) is -0.00652. The third kappa shape index (κ3) is 3.95. The lowest BCUT2D eigenvalue weighted by atomic mass is 10.1. The smallest absolute Gasteiger partial charge is 0.238 e. The first kappa shape index (κ1) is 15.3. The van der Waals surface area contributed by atoms with Crippen molar-refractivity contribution in [3.05, 3.63) is 28.3 Å². The minimum absolute atomic E-state index is 0.00652. The highest BCUT2D eigenvalue weighted by molar-refractivity contribution is 6.34. The maximum Gasteiger partial charge on any atom is 0.238 e. The van der Waals surface area contributed by atoms with Gasteiger partial charge in [-0.15, -0.1) is 0 Å². The van der Waals surface area contributed by atoms with E-state index in [2.05, 4.69) is 22.5 Å². The number of anilines is 1. The molecule has 0 unspecified atom stereocenters. The molecule has 2 N–H and O–H groups in total. The van der Waals surface area contributed by atoms with E-state index in [0.717, 1.165) is 36.4 Å². The first-order valence-electron chi connectivity index (χ1n) is 6.98. The van der Waals surface area contributed by atoms with Crippen molar-refractivity contribution in [2.45, 2.75) is 26.8 Å². The Balaban J connectivity index is 1.98. The van der Waals surface area contributed by atoms with Crippen LogP contribution in [0.15, 0.2) is 12.1 Å². The van der Waals surface area contributed by atoms with Crippen LogP contribution in [0.25, 0.3) is 0 Å². The second kappa shape index (κ2) is 6.57. The van der Waals surface area contributed by atoms with E-state index < -0.39 is 0 Å². The van der Waals surface area contributed by atoms with Crippen molar-refractivity contribution in [1.29, 1.82) is 0 Å². The van der Waals surface area contributed by atoms with Gasteiger partial charge in [-0.05, 0) is 38.0 Å². The predicted molar refractivity (Wildman–Crippen MR) is 83.5 cm³/mol. The molecule has 0 saturated carbocycles. The summed E-state index contributed by atoms with van der Waals surface area (Å²) in [4.78, 5) is 14.3. The number of halogens is 1. The Hall–Kier alpha value is -1.10. The number of nitrogens with one attached hydrogen (secondary N) is 2. The molecule has 1 aliphatic heterocycles. The van der Waals surface area contributed by atoms with Gasteiger partial charge in [-0.25, -0.2) is 0 Å². The summed E-state index contributed by atoms with van der Waals surface area (Å²) in [5.41, 5.74) is 2.82. The molecule has 0 radical (unpaired) electrons. The van der Waals surface area contributed by atoms with Crippen LogP contribution in [0.3, 0.4) is 0 Å². The van der Waals surface area contributed by atoms with Gasteiger partial charge >= 0.3 is 0 Å². The fraction of sp³-hybridized carbons (Fsp3) is 0.533. The van der Waals surface area contributed by atoms with Crippen LogP contribution in [0.2, 0.25) is 5.02 Å². The minimum atomic E-state index is -0.00652. The Kier molecular flexibility index (Phi) is 5.02. The zero-order chi connectivity index (χ0) is 14.7. The van der Waals surface area contributed by atoms with Crippen LogP contribution < -0.4 is 10.6 Å². The lowest BCUT2D eigenvalue weighted by molar-refractivity contribution is -0.117. The van der Waals surface area contributed by atoms with Crippen LogP contribution in [0.5, 0.6) is 0 Å². The van der Waals surface area contributed by atoms with Crippen LogP contribution in [0.4, 0.5) is 5.69 Å². The molecule has 0 aromatic heterocycles. The Bertz CT molecular complexity index is 481. The molecule has 0 aliphatic carbocycles.